The molecule has 1 nitrogen and oxygen atoms in total. The smallest absolute Gasteiger partial charge is 0.163 e. The average Bonchev–Trinajstić information content (AvgIpc) is 2.02. The molecule has 0 radical (unpaired) electrons. The minimum Gasteiger partial charge on any atom is -0.294 e. The normalized spacial score (nSPS) is 15.7. The third-order valence-corrected chi connectivity index (χ3v) is 2.51. The first-order valence-corrected chi connectivity index (χ1v) is 4.50. The molecule has 68 valence electrons. The molecule has 0 saturated carbocycles. The van der Waals surface area contributed by atoms with E-state index >= 15 is 0 Å². The van der Waals surface area contributed by atoms with Crippen molar-refractivity contribution in [1.82, 2.24) is 0 Å². The molecule has 2 heteroatoms. The maximum absolute atomic E-state index is 13.0. The molecular weight excluding hydrogens is 167 g/mol. The largest absolute Gasteiger partial charge is 0.294 e. The number of rotatable bonds is 0. The maximum Gasteiger partial charge on any atom is 0.163 e. The summed E-state index contributed by atoms with van der Waals surface area (Å²) in [6.45, 7) is 1.80. The summed E-state index contributed by atoms with van der Waals surface area (Å²) < 4.78 is 13.0. The molecule has 1 aliphatic carbocycles. The van der Waals surface area contributed by atoms with E-state index in [9.17, 15) is 9.18 Å². The van der Waals surface area contributed by atoms with E-state index in [-0.39, 0.29) is 11.6 Å². The molecule has 0 aliphatic heterocycles. The van der Waals surface area contributed by atoms with E-state index in [1.54, 1.807) is 6.92 Å². The predicted molar refractivity (Wildman–Crippen MR) is 48.4 cm³/mol. The summed E-state index contributed by atoms with van der Waals surface area (Å²) in [6, 6.07) is 2.92. The van der Waals surface area contributed by atoms with E-state index in [2.05, 4.69) is 0 Å². The van der Waals surface area contributed by atoms with Gasteiger partial charge >= 0.3 is 0 Å². The van der Waals surface area contributed by atoms with E-state index in [1.165, 1.54) is 12.1 Å². The Kier molecular flexibility index (Phi) is 1.91. The van der Waals surface area contributed by atoms with Crippen LogP contribution in [-0.2, 0) is 6.42 Å². The number of fused-ring (bicyclic) bond motifs is 1. The molecule has 0 saturated heterocycles. The van der Waals surface area contributed by atoms with Gasteiger partial charge in [0.25, 0.3) is 0 Å². The second kappa shape index (κ2) is 2.95. The standard InChI is InChI=1S/C11H11FO/c1-7-5-9(12)6-8-3-2-4-10(13)11(7)8/h5-6H,2-4H2,1H3. The maximum atomic E-state index is 13.0. The quantitative estimate of drug-likeness (QED) is 0.597. The van der Waals surface area contributed by atoms with Crippen LogP contribution in [0.2, 0.25) is 0 Å². The van der Waals surface area contributed by atoms with Crippen molar-refractivity contribution in [2.45, 2.75) is 26.2 Å². The SMILES string of the molecule is Cc1cc(F)cc2c1C(=O)CCC2. The van der Waals surface area contributed by atoms with Gasteiger partial charge in [0.1, 0.15) is 5.82 Å². The van der Waals surface area contributed by atoms with Crippen LogP contribution in [0.1, 0.15) is 34.3 Å². The first kappa shape index (κ1) is 8.42. The molecule has 1 aliphatic rings. The number of benzene rings is 1. The van der Waals surface area contributed by atoms with Crippen molar-refractivity contribution in [1.29, 1.82) is 0 Å². The van der Waals surface area contributed by atoms with E-state index in [0.717, 1.165) is 29.5 Å². The van der Waals surface area contributed by atoms with Crippen molar-refractivity contribution in [3.63, 3.8) is 0 Å². The Morgan fingerprint density at radius 3 is 2.85 bits per heavy atom. The van der Waals surface area contributed by atoms with Gasteiger partial charge in [0, 0.05) is 12.0 Å². The molecule has 0 unspecified atom stereocenters. The summed E-state index contributed by atoms with van der Waals surface area (Å²) in [5.74, 6) is -0.0651. The van der Waals surface area contributed by atoms with Gasteiger partial charge in [0.2, 0.25) is 0 Å². The Bertz CT molecular complexity index is 369. The van der Waals surface area contributed by atoms with E-state index in [1.807, 2.05) is 0 Å². The minimum absolute atomic E-state index is 0.166. The molecule has 0 amide bonds. The van der Waals surface area contributed by atoms with Crippen molar-refractivity contribution in [3.05, 3.63) is 34.6 Å². The number of Topliss-reactive ketones (excluding diaryl/α,β-unsaturated/α-hetero) is 1. The fourth-order valence-corrected chi connectivity index (χ4v) is 1.97. The zero-order valence-corrected chi connectivity index (χ0v) is 7.56. The Morgan fingerprint density at radius 2 is 2.08 bits per heavy atom. The van der Waals surface area contributed by atoms with Crippen LogP contribution >= 0.6 is 0 Å². The second-order valence-corrected chi connectivity index (χ2v) is 3.53. The Hall–Kier alpha value is -1.18. The van der Waals surface area contributed by atoms with Gasteiger partial charge in [-0.15, -0.1) is 0 Å². The van der Waals surface area contributed by atoms with E-state index in [4.69, 9.17) is 0 Å². The molecule has 0 spiro atoms. The monoisotopic (exact) mass is 178 g/mol. The molecule has 13 heavy (non-hydrogen) atoms. The molecule has 0 N–H and O–H groups in total. The second-order valence-electron chi connectivity index (χ2n) is 3.53. The van der Waals surface area contributed by atoms with Crippen molar-refractivity contribution in [3.8, 4) is 0 Å². The molecular formula is C11H11FO. The van der Waals surface area contributed by atoms with Gasteiger partial charge in [-0.1, -0.05) is 0 Å². The summed E-state index contributed by atoms with van der Waals surface area (Å²) >= 11 is 0. The number of carbonyl (C=O) groups is 1. The minimum atomic E-state index is -0.231. The molecule has 0 atom stereocenters. The van der Waals surface area contributed by atoms with Crippen LogP contribution in [0.5, 0.6) is 0 Å². The number of ketones is 1. The number of hydrogen-bond acceptors (Lipinski definition) is 1. The van der Waals surface area contributed by atoms with Crippen molar-refractivity contribution in [2.75, 3.05) is 0 Å². The summed E-state index contributed by atoms with van der Waals surface area (Å²) in [7, 11) is 0. The van der Waals surface area contributed by atoms with Crippen LogP contribution in [-0.4, -0.2) is 5.78 Å². The van der Waals surface area contributed by atoms with E-state index < -0.39 is 0 Å². The lowest BCUT2D eigenvalue weighted by Gasteiger charge is -2.16. The lowest BCUT2D eigenvalue weighted by molar-refractivity contribution is 0.0972. The molecule has 0 aromatic heterocycles. The molecule has 0 fully saturated rings. The van der Waals surface area contributed by atoms with Gasteiger partial charge in [-0.2, -0.15) is 0 Å². The van der Waals surface area contributed by atoms with Crippen molar-refractivity contribution < 1.29 is 9.18 Å². The number of halogens is 1. The molecule has 1 aromatic rings. The number of hydrogen-bond donors (Lipinski definition) is 0. The van der Waals surface area contributed by atoms with Crippen LogP contribution < -0.4 is 0 Å². The van der Waals surface area contributed by atoms with Gasteiger partial charge < -0.3 is 0 Å². The summed E-state index contributed by atoms with van der Waals surface area (Å²) in [4.78, 5) is 11.5. The lowest BCUT2D eigenvalue weighted by atomic mass is 9.87. The molecule has 0 heterocycles. The highest BCUT2D eigenvalue weighted by Gasteiger charge is 2.19. The zero-order chi connectivity index (χ0) is 9.42. The zero-order valence-electron chi connectivity index (χ0n) is 7.56. The average molecular weight is 178 g/mol. The summed E-state index contributed by atoms with van der Waals surface area (Å²) in [5, 5.41) is 0. The molecule has 2 rings (SSSR count). The third-order valence-electron chi connectivity index (χ3n) is 2.51. The van der Waals surface area contributed by atoms with Gasteiger partial charge in [-0.25, -0.2) is 4.39 Å². The lowest BCUT2D eigenvalue weighted by Crippen LogP contribution is -2.12. The topological polar surface area (TPSA) is 17.1 Å². The highest BCUT2D eigenvalue weighted by Crippen LogP contribution is 2.25. The van der Waals surface area contributed by atoms with Crippen LogP contribution in [0, 0.1) is 12.7 Å². The van der Waals surface area contributed by atoms with Gasteiger partial charge in [-0.3, -0.25) is 4.79 Å². The number of carbonyl (C=O) groups excluding carboxylic acids is 1. The van der Waals surface area contributed by atoms with Gasteiger partial charge in [0.15, 0.2) is 5.78 Å². The fourth-order valence-electron chi connectivity index (χ4n) is 1.97. The van der Waals surface area contributed by atoms with Gasteiger partial charge in [-0.05, 0) is 43.0 Å². The fraction of sp³-hybridized carbons (Fsp3) is 0.364. The Labute approximate surface area is 76.6 Å². The van der Waals surface area contributed by atoms with Crippen LogP contribution in [0.3, 0.4) is 0 Å². The van der Waals surface area contributed by atoms with Crippen LogP contribution in [0.15, 0.2) is 12.1 Å². The Balaban J connectivity index is 2.63. The number of aryl methyl sites for hydroxylation is 2. The predicted octanol–water partition coefficient (Wildman–Crippen LogP) is 2.65. The summed E-state index contributed by atoms with van der Waals surface area (Å²) in [5.41, 5.74) is 2.42. The first-order valence-electron chi connectivity index (χ1n) is 4.50. The highest BCUT2D eigenvalue weighted by molar-refractivity contribution is 5.99. The summed E-state index contributed by atoms with van der Waals surface area (Å²) in [6.07, 6.45) is 2.30. The first-order chi connectivity index (χ1) is 6.18. The Morgan fingerprint density at radius 1 is 1.31 bits per heavy atom. The molecule has 0 bridgehead atoms. The van der Waals surface area contributed by atoms with Crippen LogP contribution in [0.4, 0.5) is 4.39 Å². The van der Waals surface area contributed by atoms with E-state index in [0.29, 0.717) is 6.42 Å². The van der Waals surface area contributed by atoms with Gasteiger partial charge in [0.05, 0.1) is 0 Å². The van der Waals surface area contributed by atoms with Crippen molar-refractivity contribution in [2.24, 2.45) is 0 Å². The van der Waals surface area contributed by atoms with Crippen molar-refractivity contribution >= 4 is 5.78 Å². The third kappa shape index (κ3) is 1.37. The van der Waals surface area contributed by atoms with Crippen LogP contribution in [0.25, 0.3) is 0 Å². The highest BCUT2D eigenvalue weighted by atomic mass is 19.1. The molecule has 1 aromatic carbocycles.